The zero-order chi connectivity index (χ0) is 12.8. The molecule has 0 saturated heterocycles. The van der Waals surface area contributed by atoms with Gasteiger partial charge in [-0.05, 0) is 17.0 Å². The molecule has 0 aliphatic carbocycles. The number of nitrogens with zero attached hydrogens (tertiary/aromatic N) is 1. The standard InChI is InChI=1S/C15H11NOS2/c17-14-12(10-4-2-1-3-5-10)19-15-13-11(7-9-18-13)6-8-16(14)15/h1-5,7,9H,6,8H2/p+1. The van der Waals surface area contributed by atoms with Gasteiger partial charge in [-0.25, -0.2) is 0 Å². The van der Waals surface area contributed by atoms with Crippen LogP contribution in [0.5, 0.6) is 5.88 Å². The van der Waals surface area contributed by atoms with Crippen LogP contribution in [0.25, 0.3) is 20.3 Å². The van der Waals surface area contributed by atoms with E-state index in [4.69, 9.17) is 0 Å². The lowest BCUT2D eigenvalue weighted by Gasteiger charge is -2.05. The summed E-state index contributed by atoms with van der Waals surface area (Å²) in [7, 11) is 0. The molecule has 1 aliphatic rings. The Morgan fingerprint density at radius 2 is 1.89 bits per heavy atom. The molecule has 3 heterocycles. The third-order valence-corrected chi connectivity index (χ3v) is 5.82. The summed E-state index contributed by atoms with van der Waals surface area (Å²) in [5, 5.41) is 13.8. The van der Waals surface area contributed by atoms with Gasteiger partial charge in [0.15, 0.2) is 11.4 Å². The van der Waals surface area contributed by atoms with E-state index in [1.807, 2.05) is 34.9 Å². The van der Waals surface area contributed by atoms with Crippen molar-refractivity contribution < 1.29 is 9.67 Å². The molecule has 1 aliphatic heterocycles. The molecular formula is C15H12NOS2+. The summed E-state index contributed by atoms with van der Waals surface area (Å²) in [5.74, 6) is 0.408. The van der Waals surface area contributed by atoms with Crippen molar-refractivity contribution in [3.05, 3.63) is 47.3 Å². The van der Waals surface area contributed by atoms with Gasteiger partial charge in [0.1, 0.15) is 4.88 Å². The molecule has 0 saturated carbocycles. The van der Waals surface area contributed by atoms with E-state index in [9.17, 15) is 5.11 Å². The zero-order valence-electron chi connectivity index (χ0n) is 10.2. The molecule has 2 aromatic heterocycles. The maximum atomic E-state index is 10.5. The molecule has 4 rings (SSSR count). The van der Waals surface area contributed by atoms with Crippen LogP contribution in [0.15, 0.2) is 41.8 Å². The van der Waals surface area contributed by atoms with E-state index in [0.29, 0.717) is 5.88 Å². The number of aromatic hydroxyl groups is 1. The molecule has 1 N–H and O–H groups in total. The maximum Gasteiger partial charge on any atom is 0.385 e. The van der Waals surface area contributed by atoms with Crippen molar-refractivity contribution in [2.45, 2.75) is 13.0 Å². The van der Waals surface area contributed by atoms with Crippen LogP contribution < -0.4 is 4.57 Å². The SMILES string of the molecule is Oc1c(-c2ccccc2)sc2[n+]1CCc1ccsc1-2. The third-order valence-electron chi connectivity index (χ3n) is 3.48. The number of thiazole rings is 1. The first-order chi connectivity index (χ1) is 9.34. The number of fused-ring (bicyclic) bond motifs is 3. The Morgan fingerprint density at radius 1 is 1.05 bits per heavy atom. The molecule has 3 aromatic rings. The second kappa shape index (κ2) is 4.18. The van der Waals surface area contributed by atoms with Crippen LogP contribution in [-0.2, 0) is 13.0 Å². The highest BCUT2D eigenvalue weighted by molar-refractivity contribution is 7.22. The molecule has 19 heavy (non-hydrogen) atoms. The fourth-order valence-electron chi connectivity index (χ4n) is 2.52. The molecule has 0 spiro atoms. The number of thiophene rings is 1. The first kappa shape index (κ1) is 11.2. The van der Waals surface area contributed by atoms with E-state index >= 15 is 0 Å². The van der Waals surface area contributed by atoms with Crippen molar-refractivity contribution in [2.75, 3.05) is 0 Å². The lowest BCUT2D eigenvalue weighted by atomic mass is 10.1. The van der Waals surface area contributed by atoms with Crippen LogP contribution in [0.3, 0.4) is 0 Å². The molecule has 0 atom stereocenters. The van der Waals surface area contributed by atoms with Gasteiger partial charge in [-0.3, -0.25) is 0 Å². The molecular weight excluding hydrogens is 274 g/mol. The number of rotatable bonds is 1. The Kier molecular flexibility index (Phi) is 2.47. The summed E-state index contributed by atoms with van der Waals surface area (Å²) in [6, 6.07) is 12.3. The summed E-state index contributed by atoms with van der Waals surface area (Å²) in [6.07, 6.45) is 1.01. The van der Waals surface area contributed by atoms with Crippen LogP contribution in [0.2, 0.25) is 0 Å². The van der Waals surface area contributed by atoms with E-state index in [1.54, 1.807) is 22.7 Å². The minimum Gasteiger partial charge on any atom is -0.459 e. The van der Waals surface area contributed by atoms with Crippen LogP contribution >= 0.6 is 22.7 Å². The summed E-state index contributed by atoms with van der Waals surface area (Å²) in [6.45, 7) is 0.869. The van der Waals surface area contributed by atoms with Crippen molar-refractivity contribution in [3.63, 3.8) is 0 Å². The molecule has 0 bridgehead atoms. The second-order valence-electron chi connectivity index (χ2n) is 4.60. The normalized spacial score (nSPS) is 13.1. The van der Waals surface area contributed by atoms with Gasteiger partial charge in [0.25, 0.3) is 5.01 Å². The number of aromatic nitrogens is 1. The molecule has 0 unspecified atom stereocenters. The summed E-state index contributed by atoms with van der Waals surface area (Å²) < 4.78 is 2.05. The van der Waals surface area contributed by atoms with Gasteiger partial charge in [0.05, 0.1) is 0 Å². The Labute approximate surface area is 119 Å². The Balaban J connectivity index is 1.94. The molecule has 0 fully saturated rings. The predicted octanol–water partition coefficient (Wildman–Crippen LogP) is 3.69. The van der Waals surface area contributed by atoms with Gasteiger partial charge in [-0.15, -0.1) is 15.9 Å². The average molecular weight is 286 g/mol. The molecule has 4 heteroatoms. The molecule has 0 amide bonds. The van der Waals surface area contributed by atoms with Gasteiger partial charge in [-0.1, -0.05) is 41.7 Å². The van der Waals surface area contributed by atoms with Gasteiger partial charge in [0, 0.05) is 12.0 Å². The maximum absolute atomic E-state index is 10.5. The van der Waals surface area contributed by atoms with E-state index in [1.165, 1.54) is 15.4 Å². The Morgan fingerprint density at radius 3 is 2.74 bits per heavy atom. The Bertz CT molecular complexity index is 743. The number of hydrogen-bond donors (Lipinski definition) is 1. The zero-order valence-corrected chi connectivity index (χ0v) is 11.8. The number of hydrogen-bond acceptors (Lipinski definition) is 3. The minimum absolute atomic E-state index is 0.408. The lowest BCUT2D eigenvalue weighted by molar-refractivity contribution is -0.688. The van der Waals surface area contributed by atoms with Crippen molar-refractivity contribution in [2.24, 2.45) is 0 Å². The predicted molar refractivity (Wildman–Crippen MR) is 78.6 cm³/mol. The summed E-state index contributed by atoms with van der Waals surface area (Å²) >= 11 is 3.45. The van der Waals surface area contributed by atoms with Crippen molar-refractivity contribution in [1.29, 1.82) is 0 Å². The van der Waals surface area contributed by atoms with Gasteiger partial charge < -0.3 is 5.11 Å². The van der Waals surface area contributed by atoms with E-state index < -0.39 is 0 Å². The highest BCUT2D eigenvalue weighted by atomic mass is 32.1. The van der Waals surface area contributed by atoms with Crippen molar-refractivity contribution in [1.82, 2.24) is 0 Å². The van der Waals surface area contributed by atoms with E-state index in [0.717, 1.165) is 23.4 Å². The molecule has 94 valence electrons. The fourth-order valence-corrected chi connectivity index (χ4v) is 4.85. The first-order valence-electron chi connectivity index (χ1n) is 6.22. The largest absolute Gasteiger partial charge is 0.459 e. The van der Waals surface area contributed by atoms with E-state index in [2.05, 4.69) is 11.4 Å². The summed E-state index contributed by atoms with van der Waals surface area (Å²) in [4.78, 5) is 2.28. The van der Waals surface area contributed by atoms with Crippen LogP contribution in [0.1, 0.15) is 5.56 Å². The van der Waals surface area contributed by atoms with Gasteiger partial charge in [0.2, 0.25) is 0 Å². The summed E-state index contributed by atoms with van der Waals surface area (Å²) in [5.41, 5.74) is 2.50. The van der Waals surface area contributed by atoms with Gasteiger partial charge >= 0.3 is 5.88 Å². The highest BCUT2D eigenvalue weighted by Gasteiger charge is 2.33. The third kappa shape index (κ3) is 1.64. The van der Waals surface area contributed by atoms with Crippen molar-refractivity contribution >= 4 is 22.7 Å². The second-order valence-corrected chi connectivity index (χ2v) is 6.52. The highest BCUT2D eigenvalue weighted by Crippen LogP contribution is 2.42. The van der Waals surface area contributed by atoms with Crippen LogP contribution in [-0.4, -0.2) is 5.11 Å². The number of benzene rings is 1. The monoisotopic (exact) mass is 286 g/mol. The quantitative estimate of drug-likeness (QED) is 0.678. The van der Waals surface area contributed by atoms with Crippen LogP contribution in [0, 0.1) is 0 Å². The minimum atomic E-state index is 0.408. The molecule has 0 radical (unpaired) electrons. The first-order valence-corrected chi connectivity index (χ1v) is 7.92. The molecule has 1 aromatic carbocycles. The molecule has 2 nitrogen and oxygen atoms in total. The van der Waals surface area contributed by atoms with Gasteiger partial charge in [-0.2, -0.15) is 0 Å². The number of aryl methyl sites for hydroxylation is 1. The topological polar surface area (TPSA) is 24.1 Å². The van der Waals surface area contributed by atoms with Crippen LogP contribution in [0.4, 0.5) is 0 Å². The lowest BCUT2D eigenvalue weighted by Crippen LogP contribution is -2.37. The van der Waals surface area contributed by atoms with Crippen molar-refractivity contribution in [3.8, 4) is 26.2 Å². The van der Waals surface area contributed by atoms with E-state index in [-0.39, 0.29) is 0 Å². The Hall–Kier alpha value is -1.65. The average Bonchev–Trinajstić information content (AvgIpc) is 3.04. The fraction of sp³-hybridized carbons (Fsp3) is 0.133. The smallest absolute Gasteiger partial charge is 0.385 e.